The maximum absolute atomic E-state index is 13.4. The van der Waals surface area contributed by atoms with Crippen LogP contribution in [-0.2, 0) is 0 Å². The Balaban J connectivity index is 2.19. The summed E-state index contributed by atoms with van der Waals surface area (Å²) in [6, 6.07) is 7.06. The van der Waals surface area contributed by atoms with Crippen molar-refractivity contribution >= 4 is 33.1 Å². The fourth-order valence-corrected chi connectivity index (χ4v) is 2.14. The summed E-state index contributed by atoms with van der Waals surface area (Å²) in [7, 11) is 0. The van der Waals surface area contributed by atoms with E-state index >= 15 is 0 Å². The lowest BCUT2D eigenvalue weighted by atomic mass is 10.2. The molecule has 2 aromatic rings. The van der Waals surface area contributed by atoms with E-state index in [1.165, 1.54) is 6.07 Å². The van der Waals surface area contributed by atoms with Gasteiger partial charge in [-0.3, -0.25) is 0 Å². The molecule has 1 aromatic heterocycles. The number of pyridine rings is 1. The van der Waals surface area contributed by atoms with Gasteiger partial charge in [0.15, 0.2) is 0 Å². The zero-order chi connectivity index (χ0) is 14.5. The summed E-state index contributed by atoms with van der Waals surface area (Å²) < 4.78 is 13.9. The van der Waals surface area contributed by atoms with Gasteiger partial charge in [-0.1, -0.05) is 6.92 Å². The van der Waals surface area contributed by atoms with Crippen molar-refractivity contribution in [3.63, 3.8) is 0 Å². The van der Waals surface area contributed by atoms with E-state index in [1.54, 1.807) is 12.3 Å². The maximum atomic E-state index is 13.4. The molecule has 0 aliphatic carbocycles. The highest BCUT2D eigenvalue weighted by Gasteiger charge is 2.06. The summed E-state index contributed by atoms with van der Waals surface area (Å²) in [5.74, 6) is 0.573. The first-order valence-electron chi connectivity index (χ1n) is 6.52. The fraction of sp³-hybridized carbons (Fsp3) is 0.267. The highest BCUT2D eigenvalue weighted by molar-refractivity contribution is 9.10. The Bertz CT molecular complexity index is 602. The normalized spacial score (nSPS) is 10.4. The van der Waals surface area contributed by atoms with E-state index < -0.39 is 0 Å². The predicted octanol–water partition coefficient (Wildman–Crippen LogP) is 4.86. The number of aryl methyl sites for hydroxylation is 1. The van der Waals surface area contributed by atoms with Crippen molar-refractivity contribution in [3.05, 3.63) is 46.3 Å². The van der Waals surface area contributed by atoms with Crippen LogP contribution in [0.3, 0.4) is 0 Å². The second kappa shape index (κ2) is 6.70. The van der Waals surface area contributed by atoms with Crippen LogP contribution in [0.25, 0.3) is 0 Å². The van der Waals surface area contributed by atoms with Gasteiger partial charge in [-0.2, -0.15) is 0 Å². The van der Waals surface area contributed by atoms with E-state index in [1.807, 2.05) is 19.1 Å². The van der Waals surface area contributed by atoms with E-state index in [2.05, 4.69) is 38.5 Å². The lowest BCUT2D eigenvalue weighted by Gasteiger charge is -2.12. The van der Waals surface area contributed by atoms with Crippen molar-refractivity contribution in [2.45, 2.75) is 20.3 Å². The summed E-state index contributed by atoms with van der Waals surface area (Å²) >= 11 is 3.20. The summed E-state index contributed by atoms with van der Waals surface area (Å²) in [4.78, 5) is 4.25. The molecule has 5 heteroatoms. The standard InChI is InChI=1S/C15H17BrFN3/c1-3-5-18-15-8-11(4-6-19-15)20-14-9-12(16)13(17)7-10(14)2/h4,6-9H,3,5H2,1-2H3,(H2,18,19,20). The molecule has 20 heavy (non-hydrogen) atoms. The van der Waals surface area contributed by atoms with Crippen molar-refractivity contribution in [1.82, 2.24) is 4.98 Å². The van der Waals surface area contributed by atoms with Crippen molar-refractivity contribution in [2.75, 3.05) is 17.2 Å². The largest absolute Gasteiger partial charge is 0.370 e. The van der Waals surface area contributed by atoms with Gasteiger partial charge in [-0.15, -0.1) is 0 Å². The quantitative estimate of drug-likeness (QED) is 0.818. The Morgan fingerprint density at radius 1 is 1.30 bits per heavy atom. The minimum absolute atomic E-state index is 0.256. The number of nitrogens with one attached hydrogen (secondary N) is 2. The van der Waals surface area contributed by atoms with Crippen LogP contribution in [0.1, 0.15) is 18.9 Å². The van der Waals surface area contributed by atoms with Crippen LogP contribution in [0.5, 0.6) is 0 Å². The van der Waals surface area contributed by atoms with Gasteiger partial charge in [0.2, 0.25) is 0 Å². The van der Waals surface area contributed by atoms with Gasteiger partial charge in [0.1, 0.15) is 11.6 Å². The molecular formula is C15H17BrFN3. The average Bonchev–Trinajstić information content (AvgIpc) is 2.43. The summed E-state index contributed by atoms with van der Waals surface area (Å²) in [6.45, 7) is 4.86. The maximum Gasteiger partial charge on any atom is 0.137 e. The van der Waals surface area contributed by atoms with Crippen molar-refractivity contribution in [1.29, 1.82) is 0 Å². The molecule has 0 aliphatic rings. The molecule has 0 amide bonds. The third kappa shape index (κ3) is 3.70. The van der Waals surface area contributed by atoms with Crippen LogP contribution in [0.2, 0.25) is 0 Å². The lowest BCUT2D eigenvalue weighted by Crippen LogP contribution is -2.02. The molecule has 0 aliphatic heterocycles. The molecule has 3 nitrogen and oxygen atoms in total. The van der Waals surface area contributed by atoms with Crippen LogP contribution in [0.4, 0.5) is 21.6 Å². The second-order valence-electron chi connectivity index (χ2n) is 4.56. The van der Waals surface area contributed by atoms with Gasteiger partial charge in [-0.05, 0) is 53.0 Å². The summed E-state index contributed by atoms with van der Waals surface area (Å²) in [5, 5.41) is 6.52. The number of halogens is 2. The molecule has 0 bridgehead atoms. The van der Waals surface area contributed by atoms with Crippen LogP contribution >= 0.6 is 15.9 Å². The van der Waals surface area contributed by atoms with E-state index in [0.717, 1.165) is 35.7 Å². The first kappa shape index (κ1) is 14.8. The summed E-state index contributed by atoms with van der Waals surface area (Å²) in [6.07, 6.45) is 2.79. The van der Waals surface area contributed by atoms with Crippen LogP contribution in [-0.4, -0.2) is 11.5 Å². The smallest absolute Gasteiger partial charge is 0.137 e. The highest BCUT2D eigenvalue weighted by atomic mass is 79.9. The Hall–Kier alpha value is -1.62. The van der Waals surface area contributed by atoms with Crippen molar-refractivity contribution in [2.24, 2.45) is 0 Å². The SMILES string of the molecule is CCCNc1cc(Nc2cc(Br)c(F)cc2C)ccn1. The molecule has 0 fully saturated rings. The van der Waals surface area contributed by atoms with Gasteiger partial charge in [-0.25, -0.2) is 9.37 Å². The first-order valence-corrected chi connectivity index (χ1v) is 7.32. The van der Waals surface area contributed by atoms with E-state index in [9.17, 15) is 4.39 Å². The molecule has 2 rings (SSSR count). The zero-order valence-electron chi connectivity index (χ0n) is 11.5. The molecule has 106 valence electrons. The number of aromatic nitrogens is 1. The molecule has 0 radical (unpaired) electrons. The van der Waals surface area contributed by atoms with E-state index in [4.69, 9.17) is 0 Å². The third-order valence-electron chi connectivity index (χ3n) is 2.86. The number of hydrogen-bond donors (Lipinski definition) is 2. The van der Waals surface area contributed by atoms with Gasteiger partial charge < -0.3 is 10.6 Å². The summed E-state index contributed by atoms with van der Waals surface area (Å²) in [5.41, 5.74) is 2.64. The van der Waals surface area contributed by atoms with Gasteiger partial charge >= 0.3 is 0 Å². The van der Waals surface area contributed by atoms with E-state index in [0.29, 0.717) is 4.47 Å². The van der Waals surface area contributed by atoms with Crippen LogP contribution in [0.15, 0.2) is 34.9 Å². The Labute approximate surface area is 126 Å². The Kier molecular flexibility index (Phi) is 4.95. The fourth-order valence-electron chi connectivity index (χ4n) is 1.79. The molecule has 0 atom stereocenters. The second-order valence-corrected chi connectivity index (χ2v) is 5.42. The highest BCUT2D eigenvalue weighted by Crippen LogP contribution is 2.27. The molecule has 1 heterocycles. The Morgan fingerprint density at radius 2 is 2.10 bits per heavy atom. The van der Waals surface area contributed by atoms with E-state index in [-0.39, 0.29) is 5.82 Å². The topological polar surface area (TPSA) is 37.0 Å². The van der Waals surface area contributed by atoms with Gasteiger partial charge in [0.25, 0.3) is 0 Å². The predicted molar refractivity (Wildman–Crippen MR) is 85.1 cm³/mol. The number of nitrogens with zero attached hydrogens (tertiary/aromatic N) is 1. The van der Waals surface area contributed by atoms with Gasteiger partial charge in [0, 0.05) is 30.2 Å². The number of anilines is 3. The third-order valence-corrected chi connectivity index (χ3v) is 3.47. The number of benzene rings is 1. The minimum atomic E-state index is -0.256. The number of hydrogen-bond acceptors (Lipinski definition) is 3. The molecule has 0 saturated heterocycles. The minimum Gasteiger partial charge on any atom is -0.370 e. The first-order chi connectivity index (χ1) is 9.60. The molecular weight excluding hydrogens is 321 g/mol. The van der Waals surface area contributed by atoms with Gasteiger partial charge in [0.05, 0.1) is 4.47 Å². The van der Waals surface area contributed by atoms with Crippen LogP contribution < -0.4 is 10.6 Å². The molecule has 1 aromatic carbocycles. The number of rotatable bonds is 5. The van der Waals surface area contributed by atoms with Crippen molar-refractivity contribution < 1.29 is 4.39 Å². The monoisotopic (exact) mass is 337 g/mol. The van der Waals surface area contributed by atoms with Crippen LogP contribution in [0, 0.1) is 12.7 Å². The lowest BCUT2D eigenvalue weighted by molar-refractivity contribution is 0.620. The molecule has 0 spiro atoms. The molecule has 0 unspecified atom stereocenters. The zero-order valence-corrected chi connectivity index (χ0v) is 13.1. The average molecular weight is 338 g/mol. The van der Waals surface area contributed by atoms with Crippen molar-refractivity contribution in [3.8, 4) is 0 Å². The molecule has 0 saturated carbocycles. The Morgan fingerprint density at radius 3 is 2.85 bits per heavy atom. The molecule has 2 N–H and O–H groups in total.